The second-order valence-electron chi connectivity index (χ2n) is 5.05. The molecule has 0 saturated carbocycles. The Labute approximate surface area is 139 Å². The third-order valence-electron chi connectivity index (χ3n) is 3.53. The van der Waals surface area contributed by atoms with Crippen LogP contribution >= 0.6 is 23.4 Å². The molecule has 0 bridgehead atoms. The fourth-order valence-electron chi connectivity index (χ4n) is 2.46. The zero-order valence-corrected chi connectivity index (χ0v) is 13.6. The molecule has 2 nitrogen and oxygen atoms in total. The summed E-state index contributed by atoms with van der Waals surface area (Å²) in [5, 5.41) is 0.754. The minimum absolute atomic E-state index is 0.0406. The van der Waals surface area contributed by atoms with Gasteiger partial charge in [-0.2, -0.15) is 0 Å². The summed E-state index contributed by atoms with van der Waals surface area (Å²) in [5.74, 6) is 0.987. The highest BCUT2D eigenvalue weighted by Gasteiger charge is 2.29. The minimum atomic E-state index is 0.0406. The van der Waals surface area contributed by atoms with Crippen molar-refractivity contribution in [1.29, 1.82) is 0 Å². The molecule has 1 aliphatic rings. The number of carbonyl (C=O) groups is 1. The van der Waals surface area contributed by atoms with E-state index in [9.17, 15) is 4.79 Å². The molecule has 1 atom stereocenters. The van der Waals surface area contributed by atoms with Gasteiger partial charge in [0, 0.05) is 23.4 Å². The van der Waals surface area contributed by atoms with Gasteiger partial charge in [0.2, 0.25) is 5.91 Å². The van der Waals surface area contributed by atoms with Crippen molar-refractivity contribution in [2.45, 2.75) is 5.37 Å². The van der Waals surface area contributed by atoms with E-state index in [0.29, 0.717) is 5.02 Å². The molecule has 0 radical (unpaired) electrons. The number of benzene rings is 2. The number of amides is 1. The molecule has 0 aromatic heterocycles. The molecule has 1 saturated heterocycles. The molecule has 112 valence electrons. The standard InChI is InChI=1S/C18H16ClNOS/c19-16-8-4-7-15(13-16)18-20(11-12-22-18)17(21)10-9-14-5-2-1-3-6-14/h1-10,13,18H,11-12H2. The Bertz CT molecular complexity index is 686. The maximum atomic E-state index is 12.5. The number of hydrogen-bond acceptors (Lipinski definition) is 2. The lowest BCUT2D eigenvalue weighted by Gasteiger charge is -2.23. The highest BCUT2D eigenvalue weighted by atomic mass is 35.5. The smallest absolute Gasteiger partial charge is 0.247 e. The molecule has 0 aliphatic carbocycles. The van der Waals surface area contributed by atoms with E-state index in [2.05, 4.69) is 0 Å². The maximum absolute atomic E-state index is 12.5. The third-order valence-corrected chi connectivity index (χ3v) is 5.02. The second kappa shape index (κ2) is 7.03. The highest BCUT2D eigenvalue weighted by Crippen LogP contribution is 2.38. The lowest BCUT2D eigenvalue weighted by atomic mass is 10.2. The van der Waals surface area contributed by atoms with E-state index in [1.54, 1.807) is 17.8 Å². The van der Waals surface area contributed by atoms with Crippen LogP contribution < -0.4 is 0 Å². The van der Waals surface area contributed by atoms with Crippen LogP contribution in [0, 0.1) is 0 Å². The Morgan fingerprint density at radius 2 is 2.00 bits per heavy atom. The van der Waals surface area contributed by atoms with Crippen LogP contribution in [-0.4, -0.2) is 23.1 Å². The normalized spacial score (nSPS) is 18.0. The van der Waals surface area contributed by atoms with Gasteiger partial charge in [-0.15, -0.1) is 11.8 Å². The first-order chi connectivity index (χ1) is 10.7. The van der Waals surface area contributed by atoms with Gasteiger partial charge in [-0.3, -0.25) is 4.79 Å². The number of halogens is 1. The maximum Gasteiger partial charge on any atom is 0.247 e. The van der Waals surface area contributed by atoms with Crippen LogP contribution in [0.15, 0.2) is 60.7 Å². The first-order valence-electron chi connectivity index (χ1n) is 7.15. The number of thioether (sulfide) groups is 1. The van der Waals surface area contributed by atoms with E-state index in [1.807, 2.05) is 65.6 Å². The van der Waals surface area contributed by atoms with Crippen LogP contribution in [0.1, 0.15) is 16.5 Å². The van der Waals surface area contributed by atoms with Crippen LogP contribution in [-0.2, 0) is 4.79 Å². The molecule has 2 aromatic carbocycles. The molecule has 1 amide bonds. The van der Waals surface area contributed by atoms with Gasteiger partial charge in [-0.05, 0) is 29.3 Å². The van der Waals surface area contributed by atoms with E-state index in [4.69, 9.17) is 11.6 Å². The van der Waals surface area contributed by atoms with Crippen molar-refractivity contribution < 1.29 is 4.79 Å². The van der Waals surface area contributed by atoms with Gasteiger partial charge in [0.25, 0.3) is 0 Å². The molecule has 1 unspecified atom stereocenters. The zero-order valence-electron chi connectivity index (χ0n) is 12.0. The highest BCUT2D eigenvalue weighted by molar-refractivity contribution is 7.99. The van der Waals surface area contributed by atoms with E-state index >= 15 is 0 Å². The molecule has 1 aliphatic heterocycles. The summed E-state index contributed by atoms with van der Waals surface area (Å²) >= 11 is 7.84. The Hall–Kier alpha value is -1.71. The van der Waals surface area contributed by atoms with E-state index < -0.39 is 0 Å². The SMILES string of the molecule is O=C(C=Cc1ccccc1)N1CCSC1c1cccc(Cl)c1. The Morgan fingerprint density at radius 1 is 1.18 bits per heavy atom. The summed E-state index contributed by atoms with van der Waals surface area (Å²) in [4.78, 5) is 14.4. The summed E-state index contributed by atoms with van der Waals surface area (Å²) in [6.45, 7) is 0.764. The summed E-state index contributed by atoms with van der Waals surface area (Å²) < 4.78 is 0. The number of hydrogen-bond donors (Lipinski definition) is 0. The predicted octanol–water partition coefficient (Wildman–Crippen LogP) is 4.63. The fourth-order valence-corrected chi connectivity index (χ4v) is 3.91. The molecule has 0 N–H and O–H groups in total. The van der Waals surface area contributed by atoms with Crippen LogP contribution in [0.2, 0.25) is 5.02 Å². The second-order valence-corrected chi connectivity index (χ2v) is 6.68. The van der Waals surface area contributed by atoms with Crippen molar-refractivity contribution in [3.63, 3.8) is 0 Å². The van der Waals surface area contributed by atoms with Crippen LogP contribution in [0.4, 0.5) is 0 Å². The van der Waals surface area contributed by atoms with Gasteiger partial charge in [0.1, 0.15) is 5.37 Å². The number of nitrogens with zero attached hydrogens (tertiary/aromatic N) is 1. The van der Waals surface area contributed by atoms with Crippen molar-refractivity contribution in [2.75, 3.05) is 12.3 Å². The molecule has 1 heterocycles. The first kappa shape index (κ1) is 15.2. The number of rotatable bonds is 3. The summed E-state index contributed by atoms with van der Waals surface area (Å²) in [6, 6.07) is 17.6. The van der Waals surface area contributed by atoms with E-state index in [0.717, 1.165) is 23.4 Å². The Kier molecular flexibility index (Phi) is 4.86. The Morgan fingerprint density at radius 3 is 2.77 bits per heavy atom. The lowest BCUT2D eigenvalue weighted by molar-refractivity contribution is -0.126. The van der Waals surface area contributed by atoms with Crippen molar-refractivity contribution >= 4 is 35.3 Å². The monoisotopic (exact) mass is 329 g/mol. The van der Waals surface area contributed by atoms with Gasteiger partial charge in [0.05, 0.1) is 0 Å². The third kappa shape index (κ3) is 3.54. The first-order valence-corrected chi connectivity index (χ1v) is 8.57. The van der Waals surface area contributed by atoms with Gasteiger partial charge in [-0.1, -0.05) is 54.1 Å². The van der Waals surface area contributed by atoms with E-state index in [1.165, 1.54) is 0 Å². The molecule has 1 fully saturated rings. The van der Waals surface area contributed by atoms with Crippen molar-refractivity contribution in [1.82, 2.24) is 4.90 Å². The average Bonchev–Trinajstić information content (AvgIpc) is 3.03. The van der Waals surface area contributed by atoms with Crippen molar-refractivity contribution in [2.24, 2.45) is 0 Å². The minimum Gasteiger partial charge on any atom is -0.322 e. The van der Waals surface area contributed by atoms with E-state index in [-0.39, 0.29) is 11.3 Å². The molecule has 22 heavy (non-hydrogen) atoms. The Balaban J connectivity index is 1.75. The fraction of sp³-hybridized carbons (Fsp3) is 0.167. The summed E-state index contributed by atoms with van der Waals surface area (Å²) in [5.41, 5.74) is 2.11. The van der Waals surface area contributed by atoms with Crippen LogP contribution in [0.3, 0.4) is 0 Å². The van der Waals surface area contributed by atoms with Crippen LogP contribution in [0.25, 0.3) is 6.08 Å². The average molecular weight is 330 g/mol. The quantitative estimate of drug-likeness (QED) is 0.765. The van der Waals surface area contributed by atoms with Crippen molar-refractivity contribution in [3.8, 4) is 0 Å². The van der Waals surface area contributed by atoms with Crippen molar-refractivity contribution in [3.05, 3.63) is 76.8 Å². The molecule has 2 aromatic rings. The molecule has 4 heteroatoms. The molecule has 0 spiro atoms. The van der Waals surface area contributed by atoms with Gasteiger partial charge in [-0.25, -0.2) is 0 Å². The van der Waals surface area contributed by atoms with Crippen LogP contribution in [0.5, 0.6) is 0 Å². The zero-order chi connectivity index (χ0) is 15.4. The topological polar surface area (TPSA) is 20.3 Å². The summed E-state index contributed by atoms with van der Waals surface area (Å²) in [7, 11) is 0. The molecular formula is C18H16ClNOS. The van der Waals surface area contributed by atoms with Gasteiger partial charge >= 0.3 is 0 Å². The largest absolute Gasteiger partial charge is 0.322 e. The summed E-state index contributed by atoms with van der Waals surface area (Å²) in [6.07, 6.45) is 3.51. The molecular weight excluding hydrogens is 314 g/mol. The number of carbonyl (C=O) groups excluding carboxylic acids is 1. The van der Waals surface area contributed by atoms with Gasteiger partial charge < -0.3 is 4.90 Å². The predicted molar refractivity (Wildman–Crippen MR) is 93.8 cm³/mol. The molecule has 3 rings (SSSR count). The van der Waals surface area contributed by atoms with Gasteiger partial charge in [0.15, 0.2) is 0 Å². The lowest BCUT2D eigenvalue weighted by Crippen LogP contribution is -2.28.